The number of carboxylic acids is 1. The molecule has 0 bridgehead atoms. The summed E-state index contributed by atoms with van der Waals surface area (Å²) in [5, 5.41) is 11.7. The van der Waals surface area contributed by atoms with Gasteiger partial charge in [-0.3, -0.25) is 4.79 Å². The molecule has 0 heterocycles. The van der Waals surface area contributed by atoms with Gasteiger partial charge in [0.25, 0.3) is 0 Å². The van der Waals surface area contributed by atoms with Crippen LogP contribution in [0.15, 0.2) is 24.3 Å². The van der Waals surface area contributed by atoms with Crippen LogP contribution in [0.25, 0.3) is 0 Å². The Kier molecular flexibility index (Phi) is 7.23. The fourth-order valence-electron chi connectivity index (χ4n) is 1.82. The van der Waals surface area contributed by atoms with Gasteiger partial charge in [-0.1, -0.05) is 32.9 Å². The van der Waals surface area contributed by atoms with Gasteiger partial charge in [-0.05, 0) is 42.5 Å². The van der Waals surface area contributed by atoms with Crippen LogP contribution in [0.5, 0.6) is 5.75 Å². The normalized spacial score (nSPS) is 11.4. The minimum atomic E-state index is -0.767. The fourth-order valence-corrected chi connectivity index (χ4v) is 1.82. The Bertz CT molecular complexity index is 438. The second-order valence-corrected chi connectivity index (χ2v) is 6.45. The first-order chi connectivity index (χ1) is 9.87. The molecule has 0 unspecified atom stereocenters. The van der Waals surface area contributed by atoms with Crippen molar-refractivity contribution in [3.63, 3.8) is 0 Å². The van der Waals surface area contributed by atoms with E-state index in [1.165, 1.54) is 5.56 Å². The SMILES string of the molecule is CC(C)(C)CCOc1cccc(CCNCCC(=O)O)c1. The minimum absolute atomic E-state index is 0.163. The maximum atomic E-state index is 10.4. The predicted molar refractivity (Wildman–Crippen MR) is 84.8 cm³/mol. The Morgan fingerprint density at radius 2 is 2.05 bits per heavy atom. The average Bonchev–Trinajstić information content (AvgIpc) is 2.37. The van der Waals surface area contributed by atoms with Crippen LogP contribution < -0.4 is 10.1 Å². The lowest BCUT2D eigenvalue weighted by Crippen LogP contribution is -2.20. The molecular weight excluding hydrogens is 266 g/mol. The summed E-state index contributed by atoms with van der Waals surface area (Å²) in [7, 11) is 0. The minimum Gasteiger partial charge on any atom is -0.494 e. The molecule has 0 saturated carbocycles. The second-order valence-electron chi connectivity index (χ2n) is 6.45. The Hall–Kier alpha value is -1.55. The van der Waals surface area contributed by atoms with Gasteiger partial charge in [-0.25, -0.2) is 0 Å². The fraction of sp³-hybridized carbons (Fsp3) is 0.588. The lowest BCUT2D eigenvalue weighted by atomic mass is 9.93. The number of carboxylic acid groups (broad SMARTS) is 1. The highest BCUT2D eigenvalue weighted by atomic mass is 16.5. The maximum absolute atomic E-state index is 10.4. The van der Waals surface area contributed by atoms with E-state index in [0.717, 1.165) is 31.7 Å². The van der Waals surface area contributed by atoms with Crippen LogP contribution in [-0.2, 0) is 11.2 Å². The van der Waals surface area contributed by atoms with Crippen LogP contribution in [0.1, 0.15) is 39.2 Å². The summed E-state index contributed by atoms with van der Waals surface area (Å²) in [4.78, 5) is 10.4. The number of ether oxygens (including phenoxy) is 1. The summed E-state index contributed by atoms with van der Waals surface area (Å²) < 4.78 is 5.78. The van der Waals surface area contributed by atoms with Crippen molar-refractivity contribution in [1.82, 2.24) is 5.32 Å². The molecule has 1 rings (SSSR count). The molecule has 0 amide bonds. The highest BCUT2D eigenvalue weighted by Crippen LogP contribution is 2.20. The first-order valence-corrected chi connectivity index (χ1v) is 7.51. The molecule has 0 spiro atoms. The standard InChI is InChI=1S/C17H27NO3/c1-17(2,3)9-12-21-15-6-4-5-14(13-15)7-10-18-11-8-16(19)20/h4-6,13,18H,7-12H2,1-3H3,(H,19,20). The number of hydrogen-bond donors (Lipinski definition) is 2. The third-order valence-corrected chi connectivity index (χ3v) is 3.13. The molecule has 0 aliphatic carbocycles. The van der Waals surface area contributed by atoms with Crippen molar-refractivity contribution >= 4 is 5.97 Å². The van der Waals surface area contributed by atoms with Gasteiger partial charge in [-0.2, -0.15) is 0 Å². The van der Waals surface area contributed by atoms with E-state index < -0.39 is 5.97 Å². The third-order valence-electron chi connectivity index (χ3n) is 3.13. The Morgan fingerprint density at radius 3 is 2.71 bits per heavy atom. The van der Waals surface area contributed by atoms with E-state index in [0.29, 0.717) is 6.54 Å². The van der Waals surface area contributed by atoms with Gasteiger partial charge in [0.15, 0.2) is 0 Å². The number of aliphatic carboxylic acids is 1. The first-order valence-electron chi connectivity index (χ1n) is 7.51. The molecule has 0 aromatic heterocycles. The third kappa shape index (κ3) is 9.08. The Balaban J connectivity index is 2.30. The van der Waals surface area contributed by atoms with Gasteiger partial charge >= 0.3 is 5.97 Å². The number of nitrogens with one attached hydrogen (secondary N) is 1. The van der Waals surface area contributed by atoms with Crippen LogP contribution >= 0.6 is 0 Å². The zero-order valence-corrected chi connectivity index (χ0v) is 13.3. The van der Waals surface area contributed by atoms with E-state index in [-0.39, 0.29) is 11.8 Å². The molecule has 0 radical (unpaired) electrons. The Morgan fingerprint density at radius 1 is 1.29 bits per heavy atom. The van der Waals surface area contributed by atoms with Gasteiger partial charge in [-0.15, -0.1) is 0 Å². The molecule has 4 heteroatoms. The van der Waals surface area contributed by atoms with Crippen LogP contribution in [0.4, 0.5) is 0 Å². The predicted octanol–water partition coefficient (Wildman–Crippen LogP) is 3.11. The zero-order chi connectivity index (χ0) is 15.7. The summed E-state index contributed by atoms with van der Waals surface area (Å²) >= 11 is 0. The zero-order valence-electron chi connectivity index (χ0n) is 13.3. The monoisotopic (exact) mass is 293 g/mol. The van der Waals surface area contributed by atoms with E-state index >= 15 is 0 Å². The van der Waals surface area contributed by atoms with Crippen LogP contribution in [-0.4, -0.2) is 30.8 Å². The van der Waals surface area contributed by atoms with Crippen LogP contribution in [0, 0.1) is 5.41 Å². The van der Waals surface area contributed by atoms with Crippen molar-refractivity contribution in [2.45, 2.75) is 40.0 Å². The number of hydrogen-bond acceptors (Lipinski definition) is 3. The molecule has 0 atom stereocenters. The van der Waals surface area contributed by atoms with Crippen molar-refractivity contribution in [1.29, 1.82) is 0 Å². The van der Waals surface area contributed by atoms with Crippen molar-refractivity contribution in [3.05, 3.63) is 29.8 Å². The topological polar surface area (TPSA) is 58.6 Å². The van der Waals surface area contributed by atoms with Gasteiger partial charge in [0.05, 0.1) is 13.0 Å². The van der Waals surface area contributed by atoms with Gasteiger partial charge in [0.2, 0.25) is 0 Å². The molecule has 1 aromatic rings. The van der Waals surface area contributed by atoms with Crippen LogP contribution in [0.3, 0.4) is 0 Å². The lowest BCUT2D eigenvalue weighted by Gasteiger charge is -2.18. The average molecular weight is 293 g/mol. The van der Waals surface area contributed by atoms with Crippen molar-refractivity contribution in [2.75, 3.05) is 19.7 Å². The highest BCUT2D eigenvalue weighted by Gasteiger charge is 2.09. The van der Waals surface area contributed by atoms with E-state index in [1.807, 2.05) is 12.1 Å². The molecule has 21 heavy (non-hydrogen) atoms. The lowest BCUT2D eigenvalue weighted by molar-refractivity contribution is -0.136. The molecule has 0 fully saturated rings. The van der Waals surface area contributed by atoms with Gasteiger partial charge in [0, 0.05) is 6.54 Å². The number of rotatable bonds is 9. The van der Waals surface area contributed by atoms with Gasteiger partial charge < -0.3 is 15.2 Å². The summed E-state index contributed by atoms with van der Waals surface area (Å²) in [6.07, 6.45) is 2.06. The van der Waals surface area contributed by atoms with E-state index in [9.17, 15) is 4.79 Å². The highest BCUT2D eigenvalue weighted by molar-refractivity contribution is 5.66. The largest absolute Gasteiger partial charge is 0.494 e. The summed E-state index contributed by atoms with van der Waals surface area (Å²) in [6.45, 7) is 8.63. The van der Waals surface area contributed by atoms with Crippen molar-refractivity contribution in [3.8, 4) is 5.75 Å². The van der Waals surface area contributed by atoms with E-state index in [1.54, 1.807) is 0 Å². The molecule has 118 valence electrons. The molecule has 0 aliphatic heterocycles. The van der Waals surface area contributed by atoms with Crippen LogP contribution in [0.2, 0.25) is 0 Å². The number of carbonyl (C=O) groups is 1. The van der Waals surface area contributed by atoms with Crippen molar-refractivity contribution in [2.24, 2.45) is 5.41 Å². The summed E-state index contributed by atoms with van der Waals surface area (Å²) in [5.41, 5.74) is 1.48. The Labute approximate surface area is 127 Å². The van der Waals surface area contributed by atoms with E-state index in [4.69, 9.17) is 9.84 Å². The first kappa shape index (κ1) is 17.5. The van der Waals surface area contributed by atoms with Crippen molar-refractivity contribution < 1.29 is 14.6 Å². The molecule has 0 aliphatic rings. The molecule has 2 N–H and O–H groups in total. The van der Waals surface area contributed by atoms with E-state index in [2.05, 4.69) is 38.2 Å². The molecule has 4 nitrogen and oxygen atoms in total. The smallest absolute Gasteiger partial charge is 0.304 e. The molecule has 0 saturated heterocycles. The molecule has 1 aromatic carbocycles. The second kappa shape index (κ2) is 8.67. The molecular formula is C17H27NO3. The summed E-state index contributed by atoms with van der Waals surface area (Å²) in [5.74, 6) is 0.138. The summed E-state index contributed by atoms with van der Waals surface area (Å²) in [6, 6.07) is 8.10. The maximum Gasteiger partial charge on any atom is 0.304 e. The number of benzene rings is 1. The quantitative estimate of drug-likeness (QED) is 0.687. The van der Waals surface area contributed by atoms with Gasteiger partial charge in [0.1, 0.15) is 5.75 Å².